The van der Waals surface area contributed by atoms with Crippen molar-refractivity contribution in [3.05, 3.63) is 28.8 Å². The van der Waals surface area contributed by atoms with Gasteiger partial charge in [-0.3, -0.25) is 14.4 Å². The highest BCUT2D eigenvalue weighted by Crippen LogP contribution is 2.67. The van der Waals surface area contributed by atoms with Gasteiger partial charge >= 0.3 is 0 Å². The number of nitrogens with zero attached hydrogens (tertiary/aromatic N) is 1. The molecule has 3 aliphatic rings. The van der Waals surface area contributed by atoms with E-state index in [0.717, 1.165) is 12.0 Å². The van der Waals surface area contributed by atoms with E-state index in [4.69, 9.17) is 11.6 Å². The smallest absolute Gasteiger partial charge is 0.248 e. The summed E-state index contributed by atoms with van der Waals surface area (Å²) in [5.74, 6) is -1.56. The first-order valence-electron chi connectivity index (χ1n) is 11.8. The van der Waals surface area contributed by atoms with Crippen molar-refractivity contribution in [2.24, 2.45) is 11.8 Å². The van der Waals surface area contributed by atoms with Gasteiger partial charge in [0, 0.05) is 29.8 Å². The van der Waals surface area contributed by atoms with Crippen molar-refractivity contribution in [1.29, 1.82) is 0 Å². The summed E-state index contributed by atoms with van der Waals surface area (Å²) in [6, 6.07) is 4.70. The van der Waals surface area contributed by atoms with Gasteiger partial charge in [0.15, 0.2) is 0 Å². The van der Waals surface area contributed by atoms with E-state index in [9.17, 15) is 19.5 Å². The number of benzene rings is 1. The molecule has 3 N–H and O–H groups in total. The second-order valence-corrected chi connectivity index (χ2v) is 12.5. The van der Waals surface area contributed by atoms with E-state index in [1.165, 1.54) is 0 Å². The number of thioether (sulfide) groups is 1. The monoisotopic (exact) mass is 571 g/mol. The van der Waals surface area contributed by atoms with Gasteiger partial charge in [0.1, 0.15) is 6.04 Å². The van der Waals surface area contributed by atoms with Crippen LogP contribution in [0.3, 0.4) is 0 Å². The van der Waals surface area contributed by atoms with Crippen LogP contribution in [0.1, 0.15) is 38.2 Å². The van der Waals surface area contributed by atoms with Crippen LogP contribution in [-0.2, 0) is 14.4 Å². The predicted octanol–water partition coefficient (Wildman–Crippen LogP) is 3.35. The average molecular weight is 573 g/mol. The number of hydrogen-bond donors (Lipinski definition) is 3. The van der Waals surface area contributed by atoms with Crippen LogP contribution in [0.5, 0.6) is 0 Å². The third kappa shape index (κ3) is 4.27. The van der Waals surface area contributed by atoms with Gasteiger partial charge in [-0.15, -0.1) is 11.8 Å². The number of nitrogens with one attached hydrogen (secondary N) is 2. The number of aliphatic hydroxyl groups is 1. The van der Waals surface area contributed by atoms with Gasteiger partial charge in [-0.25, -0.2) is 0 Å². The number of hydrogen-bond acceptors (Lipinski definition) is 5. The van der Waals surface area contributed by atoms with Gasteiger partial charge in [-0.05, 0) is 44.2 Å². The number of rotatable bonds is 9. The van der Waals surface area contributed by atoms with E-state index in [2.05, 4.69) is 26.6 Å². The topological polar surface area (TPSA) is 98.7 Å². The van der Waals surface area contributed by atoms with Gasteiger partial charge in [0.05, 0.1) is 27.3 Å². The molecule has 0 aliphatic carbocycles. The molecule has 34 heavy (non-hydrogen) atoms. The van der Waals surface area contributed by atoms with E-state index in [1.54, 1.807) is 22.7 Å². The second-order valence-electron chi connectivity index (χ2n) is 9.34. The molecule has 3 saturated heterocycles. The quantitative estimate of drug-likeness (QED) is 0.311. The molecular weight excluding hydrogens is 542 g/mol. The van der Waals surface area contributed by atoms with Crippen molar-refractivity contribution in [3.63, 3.8) is 0 Å². The Morgan fingerprint density at radius 2 is 2.09 bits per heavy atom. The molecule has 3 fully saturated rings. The summed E-state index contributed by atoms with van der Waals surface area (Å²) in [6.45, 7) is 4.81. The summed E-state index contributed by atoms with van der Waals surface area (Å²) in [4.78, 5) is 42.5. The second kappa shape index (κ2) is 10.4. The fraction of sp³-hybridized carbons (Fsp3) is 0.625. The lowest BCUT2D eigenvalue weighted by Crippen LogP contribution is -2.53. The Hall–Kier alpha value is -1.29. The predicted molar refractivity (Wildman–Crippen MR) is 138 cm³/mol. The minimum absolute atomic E-state index is 0.0225. The summed E-state index contributed by atoms with van der Waals surface area (Å²) < 4.78 is -0.692. The van der Waals surface area contributed by atoms with Crippen molar-refractivity contribution in [2.75, 3.05) is 25.0 Å². The summed E-state index contributed by atoms with van der Waals surface area (Å²) in [5.41, 5.74) is 1.38. The van der Waals surface area contributed by atoms with E-state index in [-0.39, 0.29) is 34.4 Å². The van der Waals surface area contributed by atoms with Crippen LogP contribution in [0.25, 0.3) is 0 Å². The summed E-state index contributed by atoms with van der Waals surface area (Å²) in [7, 11) is 0. The molecule has 3 amide bonds. The number of para-hydroxylation sites is 1. The Morgan fingerprint density at radius 3 is 2.76 bits per heavy atom. The molecule has 3 heterocycles. The number of halogens is 2. The first kappa shape index (κ1) is 25.8. The molecule has 10 heteroatoms. The summed E-state index contributed by atoms with van der Waals surface area (Å²) >= 11 is 11.8. The maximum Gasteiger partial charge on any atom is 0.248 e. The zero-order chi connectivity index (χ0) is 24.6. The number of fused-ring (bicyclic) bond motifs is 1. The highest BCUT2D eigenvalue weighted by atomic mass is 79.9. The van der Waals surface area contributed by atoms with E-state index < -0.39 is 22.6 Å². The molecular formula is C24H31BrClN3O4S. The van der Waals surface area contributed by atoms with Gasteiger partial charge in [-0.1, -0.05) is 46.6 Å². The molecule has 3 aliphatic heterocycles. The van der Waals surface area contributed by atoms with Gasteiger partial charge in [0.25, 0.3) is 0 Å². The molecule has 7 nitrogen and oxygen atoms in total. The third-order valence-electron chi connectivity index (χ3n) is 7.17. The van der Waals surface area contributed by atoms with Crippen LogP contribution in [0.15, 0.2) is 18.2 Å². The van der Waals surface area contributed by atoms with E-state index in [1.807, 2.05) is 26.0 Å². The molecule has 0 radical (unpaired) electrons. The van der Waals surface area contributed by atoms with Gasteiger partial charge in [0.2, 0.25) is 17.7 Å². The molecule has 186 valence electrons. The Kier molecular flexibility index (Phi) is 7.86. The number of alkyl halides is 1. The Bertz CT molecular complexity index is 961. The summed E-state index contributed by atoms with van der Waals surface area (Å²) in [5, 5.41) is 15.6. The molecule has 3 unspecified atom stereocenters. The average Bonchev–Trinajstić information content (AvgIpc) is 3.38. The lowest BCUT2D eigenvalue weighted by molar-refractivity contribution is -0.139. The number of carbonyl (C=O) groups excluding carboxylic acids is 3. The normalized spacial score (nSPS) is 31.6. The lowest BCUT2D eigenvalue weighted by Gasteiger charge is -2.35. The fourth-order valence-electron chi connectivity index (χ4n) is 5.71. The molecule has 1 aromatic rings. The molecule has 1 spiro atoms. The fourth-order valence-corrected chi connectivity index (χ4v) is 9.59. The highest BCUT2D eigenvalue weighted by Gasteiger charge is 2.75. The van der Waals surface area contributed by atoms with Crippen LogP contribution in [0, 0.1) is 18.8 Å². The van der Waals surface area contributed by atoms with Crippen LogP contribution >= 0.6 is 39.3 Å². The zero-order valence-corrected chi connectivity index (χ0v) is 22.5. The van der Waals surface area contributed by atoms with Crippen LogP contribution < -0.4 is 10.6 Å². The zero-order valence-electron chi connectivity index (χ0n) is 19.4. The standard InChI is InChI=1S/C24H31BrClN3O4S/c1-3-9-27-21(31)16-17-23(33)29(10-4-5-11-30)20(24(17)12-14(25)19(16)34-24)22(32)28-18-13(2)7-6-8-15(18)26/h6-8,14,16-17,19-20,30H,3-5,9-12H2,1-2H3,(H,27,31)(H,28,32)/t14?,16-,17-,19-,20?,24?/m0/s1. The van der Waals surface area contributed by atoms with Gasteiger partial charge in [-0.2, -0.15) is 0 Å². The maximum atomic E-state index is 13.8. The maximum absolute atomic E-state index is 13.8. The Morgan fingerprint density at radius 1 is 1.32 bits per heavy atom. The number of likely N-dealkylation sites (tertiary alicyclic amines) is 1. The van der Waals surface area contributed by atoms with E-state index >= 15 is 0 Å². The minimum Gasteiger partial charge on any atom is -0.396 e. The van der Waals surface area contributed by atoms with Crippen LogP contribution in [-0.4, -0.2) is 68.3 Å². The number of aryl methyl sites for hydroxylation is 1. The number of anilines is 1. The SMILES string of the molecule is CCCNC(=O)[C@H]1[C@H]2C(=O)N(CCCCO)C(C(=O)Nc3c(C)cccc3Cl)C23CC(Br)[C@@H]1S3. The number of aliphatic hydroxyl groups excluding tert-OH is 1. The molecule has 2 bridgehead atoms. The van der Waals surface area contributed by atoms with E-state index in [0.29, 0.717) is 43.1 Å². The van der Waals surface area contributed by atoms with Crippen LogP contribution in [0.4, 0.5) is 5.69 Å². The Balaban J connectivity index is 1.70. The van der Waals surface area contributed by atoms with Crippen molar-refractivity contribution >= 4 is 62.7 Å². The first-order valence-corrected chi connectivity index (χ1v) is 14.0. The third-order valence-corrected chi connectivity index (χ3v) is 10.7. The molecule has 6 atom stereocenters. The molecule has 4 rings (SSSR count). The first-order chi connectivity index (χ1) is 16.3. The largest absolute Gasteiger partial charge is 0.396 e. The number of unbranched alkanes of at least 4 members (excludes halogenated alkanes) is 1. The number of carbonyl (C=O) groups is 3. The number of amides is 3. The molecule has 0 saturated carbocycles. The van der Waals surface area contributed by atoms with Crippen molar-refractivity contribution in [3.8, 4) is 0 Å². The van der Waals surface area contributed by atoms with Crippen LogP contribution in [0.2, 0.25) is 5.02 Å². The van der Waals surface area contributed by atoms with Crippen molar-refractivity contribution in [1.82, 2.24) is 10.2 Å². The molecule has 0 aromatic heterocycles. The summed E-state index contributed by atoms with van der Waals surface area (Å²) in [6.07, 6.45) is 2.56. The Labute approximate surface area is 217 Å². The lowest BCUT2D eigenvalue weighted by atomic mass is 9.70. The van der Waals surface area contributed by atoms with Crippen molar-refractivity contribution in [2.45, 2.75) is 60.4 Å². The van der Waals surface area contributed by atoms with Crippen molar-refractivity contribution < 1.29 is 19.5 Å². The van der Waals surface area contributed by atoms with Gasteiger partial charge < -0.3 is 20.6 Å². The highest BCUT2D eigenvalue weighted by molar-refractivity contribution is 9.09. The molecule has 1 aromatic carbocycles. The minimum atomic E-state index is -0.724.